The molecule has 0 saturated carbocycles. The van der Waals surface area contributed by atoms with Gasteiger partial charge in [0.15, 0.2) is 11.8 Å². The van der Waals surface area contributed by atoms with Crippen molar-refractivity contribution >= 4 is 16.9 Å². The maximum atomic E-state index is 5.73. The highest BCUT2D eigenvalue weighted by atomic mass is 16.5. The van der Waals surface area contributed by atoms with Crippen LogP contribution in [0.4, 0.5) is 0 Å². The zero-order valence-electron chi connectivity index (χ0n) is 16.9. The van der Waals surface area contributed by atoms with E-state index < -0.39 is 0 Å². The maximum Gasteiger partial charge on any atom is 0.192 e. The number of pyridine rings is 1. The average molecular weight is 393 g/mol. The first-order chi connectivity index (χ1) is 14.2. The van der Waals surface area contributed by atoms with Crippen LogP contribution in [-0.4, -0.2) is 45.0 Å². The predicted octanol–water partition coefficient (Wildman–Crippen LogP) is 2.09. The van der Waals surface area contributed by atoms with E-state index in [1.54, 1.807) is 0 Å². The molecule has 0 radical (unpaired) electrons. The van der Waals surface area contributed by atoms with Gasteiger partial charge in [-0.1, -0.05) is 18.2 Å². The van der Waals surface area contributed by atoms with Crippen LogP contribution in [0, 0.1) is 6.92 Å². The summed E-state index contributed by atoms with van der Waals surface area (Å²) in [6, 6.07) is 10.2. The number of fused-ring (bicyclic) bond motifs is 1. The van der Waals surface area contributed by atoms with E-state index in [-0.39, 0.29) is 6.10 Å². The summed E-state index contributed by atoms with van der Waals surface area (Å²) in [5.41, 5.74) is 2.12. The van der Waals surface area contributed by atoms with Crippen LogP contribution < -0.4 is 10.6 Å². The lowest BCUT2D eigenvalue weighted by atomic mass is 10.1. The molecule has 1 aliphatic rings. The molecule has 3 heterocycles. The molecule has 1 aromatic carbocycles. The van der Waals surface area contributed by atoms with Crippen LogP contribution in [0.1, 0.15) is 30.1 Å². The van der Waals surface area contributed by atoms with Crippen molar-refractivity contribution < 1.29 is 4.74 Å². The second kappa shape index (κ2) is 9.00. The summed E-state index contributed by atoms with van der Waals surface area (Å²) in [5.74, 6) is 2.49. The number of hydrogen-bond donors (Lipinski definition) is 2. The Morgan fingerprint density at radius 3 is 2.93 bits per heavy atom. The zero-order chi connectivity index (χ0) is 20.1. The van der Waals surface area contributed by atoms with Gasteiger partial charge in [-0.25, -0.2) is 4.99 Å². The second-order valence-electron chi connectivity index (χ2n) is 7.24. The Balaban J connectivity index is 1.48. The summed E-state index contributed by atoms with van der Waals surface area (Å²) in [6.45, 7) is 4.62. The van der Waals surface area contributed by atoms with Crippen LogP contribution in [-0.2, 0) is 24.9 Å². The molecule has 0 spiro atoms. The third-order valence-corrected chi connectivity index (χ3v) is 5.26. The number of para-hydroxylation sites is 1. The van der Waals surface area contributed by atoms with E-state index >= 15 is 0 Å². The molecule has 1 saturated heterocycles. The van der Waals surface area contributed by atoms with Gasteiger partial charge in [0, 0.05) is 31.8 Å². The number of aliphatic imine (C=N–C) groups is 1. The van der Waals surface area contributed by atoms with Gasteiger partial charge in [-0.05, 0) is 37.5 Å². The fourth-order valence-corrected chi connectivity index (χ4v) is 3.42. The number of rotatable bonds is 6. The summed E-state index contributed by atoms with van der Waals surface area (Å²) in [5, 5.41) is 16.3. The fourth-order valence-electron chi connectivity index (χ4n) is 3.42. The molecule has 0 aliphatic carbocycles. The summed E-state index contributed by atoms with van der Waals surface area (Å²) in [4.78, 5) is 9.24. The minimum atomic E-state index is 0.237. The first kappa shape index (κ1) is 19.3. The van der Waals surface area contributed by atoms with E-state index in [2.05, 4.69) is 31.9 Å². The average Bonchev–Trinajstić information content (AvgIpc) is 3.38. The van der Waals surface area contributed by atoms with Crippen molar-refractivity contribution in [2.75, 3.05) is 13.2 Å². The molecule has 8 heteroatoms. The predicted molar refractivity (Wildman–Crippen MR) is 112 cm³/mol. The van der Waals surface area contributed by atoms with Gasteiger partial charge in [0.05, 0.1) is 24.7 Å². The molecule has 3 aromatic rings. The van der Waals surface area contributed by atoms with Crippen LogP contribution >= 0.6 is 0 Å². The Labute approximate surface area is 170 Å². The number of benzene rings is 1. The SMILES string of the molecule is Cc1nnc(CNC(=NCc2ccnc3ccccc23)NCC2CCCO2)n1C. The topological polar surface area (TPSA) is 89.2 Å². The van der Waals surface area contributed by atoms with Crippen molar-refractivity contribution in [3.63, 3.8) is 0 Å². The lowest BCUT2D eigenvalue weighted by Gasteiger charge is -2.15. The quantitative estimate of drug-likeness (QED) is 0.492. The second-order valence-corrected chi connectivity index (χ2v) is 7.24. The number of ether oxygens (including phenoxy) is 1. The van der Waals surface area contributed by atoms with Gasteiger partial charge in [-0.3, -0.25) is 4.98 Å². The minimum absolute atomic E-state index is 0.237. The molecule has 4 rings (SSSR count). The van der Waals surface area contributed by atoms with Gasteiger partial charge in [-0.2, -0.15) is 0 Å². The van der Waals surface area contributed by atoms with Gasteiger partial charge < -0.3 is 19.9 Å². The monoisotopic (exact) mass is 393 g/mol. The smallest absolute Gasteiger partial charge is 0.192 e. The number of guanidine groups is 1. The van der Waals surface area contributed by atoms with Crippen molar-refractivity contribution in [2.45, 2.75) is 39.0 Å². The van der Waals surface area contributed by atoms with Crippen LogP contribution in [0.2, 0.25) is 0 Å². The third-order valence-electron chi connectivity index (χ3n) is 5.26. The van der Waals surface area contributed by atoms with Gasteiger partial charge in [0.2, 0.25) is 0 Å². The Morgan fingerprint density at radius 1 is 1.24 bits per heavy atom. The highest BCUT2D eigenvalue weighted by Crippen LogP contribution is 2.17. The van der Waals surface area contributed by atoms with Crippen LogP contribution in [0.25, 0.3) is 10.9 Å². The molecule has 0 bridgehead atoms. The van der Waals surface area contributed by atoms with Crippen molar-refractivity contribution in [3.05, 3.63) is 53.7 Å². The third kappa shape index (κ3) is 4.71. The van der Waals surface area contributed by atoms with Gasteiger partial charge >= 0.3 is 0 Å². The molecular weight excluding hydrogens is 366 g/mol. The van der Waals surface area contributed by atoms with Crippen molar-refractivity contribution in [1.82, 2.24) is 30.4 Å². The molecule has 29 heavy (non-hydrogen) atoms. The van der Waals surface area contributed by atoms with Gasteiger partial charge in [0.25, 0.3) is 0 Å². The molecule has 1 unspecified atom stereocenters. The normalized spacial score (nSPS) is 17.0. The van der Waals surface area contributed by atoms with Crippen LogP contribution in [0.3, 0.4) is 0 Å². The van der Waals surface area contributed by atoms with Gasteiger partial charge in [0.1, 0.15) is 5.82 Å². The van der Waals surface area contributed by atoms with E-state index in [9.17, 15) is 0 Å². The van der Waals surface area contributed by atoms with E-state index in [0.717, 1.165) is 60.1 Å². The Hall–Kier alpha value is -3.00. The number of nitrogens with one attached hydrogen (secondary N) is 2. The molecule has 2 aromatic heterocycles. The lowest BCUT2D eigenvalue weighted by Crippen LogP contribution is -2.41. The molecule has 8 nitrogen and oxygen atoms in total. The number of nitrogens with zero attached hydrogens (tertiary/aromatic N) is 5. The fraction of sp³-hybridized carbons (Fsp3) is 0.429. The molecule has 2 N–H and O–H groups in total. The first-order valence-corrected chi connectivity index (χ1v) is 10.0. The number of aryl methyl sites for hydroxylation is 1. The molecular formula is C21H27N7O. The first-order valence-electron chi connectivity index (χ1n) is 10.0. The molecule has 1 aliphatic heterocycles. The molecule has 0 amide bonds. The van der Waals surface area contributed by atoms with E-state index in [0.29, 0.717) is 13.1 Å². The molecule has 152 valence electrons. The lowest BCUT2D eigenvalue weighted by molar-refractivity contribution is 0.113. The summed E-state index contributed by atoms with van der Waals surface area (Å²) in [6.07, 6.45) is 4.27. The summed E-state index contributed by atoms with van der Waals surface area (Å²) < 4.78 is 7.70. The van der Waals surface area contributed by atoms with Crippen LogP contribution in [0.5, 0.6) is 0 Å². The van der Waals surface area contributed by atoms with Gasteiger partial charge in [-0.15, -0.1) is 10.2 Å². The molecule has 1 fully saturated rings. The standard InChI is InChI=1S/C21H27N7O/c1-15-26-27-20(28(15)2)14-25-21(24-13-17-6-5-11-29-17)23-12-16-9-10-22-19-8-4-3-7-18(16)19/h3-4,7-10,17H,5-6,11-14H2,1-2H3,(H2,23,24,25). The van der Waals surface area contributed by atoms with E-state index in [1.165, 1.54) is 0 Å². The number of hydrogen-bond acceptors (Lipinski definition) is 5. The van der Waals surface area contributed by atoms with Crippen molar-refractivity contribution in [1.29, 1.82) is 0 Å². The Morgan fingerprint density at radius 2 is 2.14 bits per heavy atom. The Kier molecular flexibility index (Phi) is 6.00. The molecule has 1 atom stereocenters. The zero-order valence-corrected chi connectivity index (χ0v) is 16.9. The summed E-state index contributed by atoms with van der Waals surface area (Å²) >= 11 is 0. The highest BCUT2D eigenvalue weighted by molar-refractivity contribution is 5.83. The van der Waals surface area contributed by atoms with E-state index in [4.69, 9.17) is 9.73 Å². The van der Waals surface area contributed by atoms with Crippen molar-refractivity contribution in [3.8, 4) is 0 Å². The number of aromatic nitrogens is 4. The highest BCUT2D eigenvalue weighted by Gasteiger charge is 2.16. The van der Waals surface area contributed by atoms with Crippen LogP contribution in [0.15, 0.2) is 41.5 Å². The van der Waals surface area contributed by atoms with Crippen molar-refractivity contribution in [2.24, 2.45) is 12.0 Å². The van der Waals surface area contributed by atoms with E-state index in [1.807, 2.05) is 49.0 Å². The largest absolute Gasteiger partial charge is 0.376 e. The Bertz CT molecular complexity index is 986. The maximum absolute atomic E-state index is 5.73. The minimum Gasteiger partial charge on any atom is -0.376 e. The summed E-state index contributed by atoms with van der Waals surface area (Å²) in [7, 11) is 1.96.